The number of aryl methyl sites for hydroxylation is 1. The number of carbonyl (C=O) groups excluding carboxylic acids is 1. The first kappa shape index (κ1) is 13.1. The Bertz CT molecular complexity index is 452. The van der Waals surface area contributed by atoms with Crippen LogP contribution in [0.2, 0.25) is 0 Å². The van der Waals surface area contributed by atoms with Crippen LogP contribution < -0.4 is 0 Å². The maximum Gasteiger partial charge on any atom is 0.254 e. The van der Waals surface area contributed by atoms with Gasteiger partial charge in [-0.1, -0.05) is 0 Å². The zero-order valence-corrected chi connectivity index (χ0v) is 11.2. The summed E-state index contributed by atoms with van der Waals surface area (Å²) in [6, 6.07) is 4.77. The maximum absolute atomic E-state index is 13.2. The molecule has 3 heteroatoms. The molecule has 1 amide bonds. The fourth-order valence-corrected chi connectivity index (χ4v) is 2.05. The molecule has 98 valence electrons. The minimum atomic E-state index is -0.259. The van der Waals surface area contributed by atoms with E-state index in [0.29, 0.717) is 17.0 Å². The molecule has 1 aromatic rings. The molecule has 0 spiro atoms. The molecule has 0 bridgehead atoms. The molecule has 1 fully saturated rings. The Labute approximate surface area is 108 Å². The SMILES string of the molecule is Cc1cc(C(=O)N(CC2CC2)C(C)C)ccc1F. The number of halogens is 1. The molecule has 0 N–H and O–H groups in total. The van der Waals surface area contributed by atoms with E-state index in [1.165, 1.54) is 18.9 Å². The number of nitrogens with zero attached hydrogens (tertiary/aromatic N) is 1. The summed E-state index contributed by atoms with van der Waals surface area (Å²) in [6.45, 7) is 6.56. The summed E-state index contributed by atoms with van der Waals surface area (Å²) in [5.41, 5.74) is 1.11. The van der Waals surface area contributed by atoms with Gasteiger partial charge in [-0.15, -0.1) is 0 Å². The highest BCUT2D eigenvalue weighted by molar-refractivity contribution is 5.94. The van der Waals surface area contributed by atoms with Gasteiger partial charge >= 0.3 is 0 Å². The summed E-state index contributed by atoms with van der Waals surface area (Å²) in [5.74, 6) is 0.419. The Kier molecular flexibility index (Phi) is 3.69. The van der Waals surface area contributed by atoms with E-state index in [9.17, 15) is 9.18 Å². The molecular weight excluding hydrogens is 229 g/mol. The fraction of sp³-hybridized carbons (Fsp3) is 0.533. The summed E-state index contributed by atoms with van der Waals surface area (Å²) < 4.78 is 13.2. The van der Waals surface area contributed by atoms with Crippen LogP contribution in [0.5, 0.6) is 0 Å². The second kappa shape index (κ2) is 5.09. The smallest absolute Gasteiger partial charge is 0.254 e. The Morgan fingerprint density at radius 3 is 2.61 bits per heavy atom. The van der Waals surface area contributed by atoms with E-state index < -0.39 is 0 Å². The predicted octanol–water partition coefficient (Wildman–Crippen LogP) is 3.39. The summed E-state index contributed by atoms with van der Waals surface area (Å²) in [4.78, 5) is 14.3. The fourth-order valence-electron chi connectivity index (χ4n) is 2.05. The van der Waals surface area contributed by atoms with Gasteiger partial charge in [-0.3, -0.25) is 4.79 Å². The molecule has 2 rings (SSSR count). The second-order valence-corrected chi connectivity index (χ2v) is 5.46. The van der Waals surface area contributed by atoms with Crippen molar-refractivity contribution in [1.82, 2.24) is 4.90 Å². The molecule has 0 atom stereocenters. The number of rotatable bonds is 4. The van der Waals surface area contributed by atoms with Crippen molar-refractivity contribution in [2.75, 3.05) is 6.54 Å². The van der Waals surface area contributed by atoms with Crippen molar-refractivity contribution in [2.24, 2.45) is 5.92 Å². The van der Waals surface area contributed by atoms with Gasteiger partial charge in [0.2, 0.25) is 0 Å². The van der Waals surface area contributed by atoms with Gasteiger partial charge in [-0.25, -0.2) is 4.39 Å². The molecule has 1 aliphatic carbocycles. The van der Waals surface area contributed by atoms with E-state index in [2.05, 4.69) is 0 Å². The molecule has 1 saturated carbocycles. The first-order chi connectivity index (χ1) is 8.49. The molecule has 2 nitrogen and oxygen atoms in total. The minimum absolute atomic E-state index is 0.0139. The van der Waals surface area contributed by atoms with Crippen LogP contribution >= 0.6 is 0 Å². The summed E-state index contributed by atoms with van der Waals surface area (Å²) in [6.07, 6.45) is 2.44. The van der Waals surface area contributed by atoms with Crippen molar-refractivity contribution < 1.29 is 9.18 Å². The lowest BCUT2D eigenvalue weighted by molar-refractivity contribution is 0.0696. The molecule has 1 aromatic carbocycles. The van der Waals surface area contributed by atoms with Gasteiger partial charge in [0.25, 0.3) is 5.91 Å². The van der Waals surface area contributed by atoms with Crippen molar-refractivity contribution in [3.8, 4) is 0 Å². The van der Waals surface area contributed by atoms with Crippen molar-refractivity contribution in [3.63, 3.8) is 0 Å². The third kappa shape index (κ3) is 2.89. The third-order valence-electron chi connectivity index (χ3n) is 3.44. The number of carbonyl (C=O) groups is 1. The van der Waals surface area contributed by atoms with Crippen LogP contribution in [0.15, 0.2) is 18.2 Å². The van der Waals surface area contributed by atoms with E-state index in [1.54, 1.807) is 19.1 Å². The molecule has 1 aliphatic rings. The molecule has 0 aliphatic heterocycles. The van der Waals surface area contributed by atoms with Gasteiger partial charge in [0, 0.05) is 18.2 Å². The van der Waals surface area contributed by atoms with E-state index in [-0.39, 0.29) is 17.8 Å². The van der Waals surface area contributed by atoms with Crippen LogP contribution in [0.1, 0.15) is 42.6 Å². The minimum Gasteiger partial charge on any atom is -0.336 e. The highest BCUT2D eigenvalue weighted by atomic mass is 19.1. The first-order valence-electron chi connectivity index (χ1n) is 6.56. The van der Waals surface area contributed by atoms with Crippen LogP contribution in [-0.4, -0.2) is 23.4 Å². The molecule has 0 radical (unpaired) electrons. The average Bonchev–Trinajstić information content (AvgIpc) is 3.12. The Morgan fingerprint density at radius 1 is 1.44 bits per heavy atom. The molecule has 0 aromatic heterocycles. The van der Waals surface area contributed by atoms with Gasteiger partial charge in [-0.05, 0) is 63.3 Å². The molecule has 0 heterocycles. The monoisotopic (exact) mass is 249 g/mol. The zero-order chi connectivity index (χ0) is 13.3. The van der Waals surface area contributed by atoms with E-state index in [1.807, 2.05) is 18.7 Å². The Balaban J connectivity index is 2.18. The Hall–Kier alpha value is -1.38. The standard InChI is InChI=1S/C15H20FNO/c1-10(2)17(9-12-4-5-12)15(18)13-6-7-14(16)11(3)8-13/h6-8,10,12H,4-5,9H2,1-3H3. The number of hydrogen-bond acceptors (Lipinski definition) is 1. The van der Waals surface area contributed by atoms with Gasteiger partial charge in [-0.2, -0.15) is 0 Å². The lowest BCUT2D eigenvalue weighted by Gasteiger charge is -2.27. The highest BCUT2D eigenvalue weighted by Gasteiger charge is 2.28. The lowest BCUT2D eigenvalue weighted by atomic mass is 10.1. The van der Waals surface area contributed by atoms with Crippen LogP contribution in [0.3, 0.4) is 0 Å². The third-order valence-corrected chi connectivity index (χ3v) is 3.44. The predicted molar refractivity (Wildman–Crippen MR) is 70.0 cm³/mol. The average molecular weight is 249 g/mol. The van der Waals surface area contributed by atoms with Crippen LogP contribution in [0, 0.1) is 18.7 Å². The first-order valence-corrected chi connectivity index (χ1v) is 6.56. The quantitative estimate of drug-likeness (QED) is 0.801. The lowest BCUT2D eigenvalue weighted by Crippen LogP contribution is -2.38. The van der Waals surface area contributed by atoms with Crippen LogP contribution in [-0.2, 0) is 0 Å². The normalized spacial score (nSPS) is 14.9. The van der Waals surface area contributed by atoms with Gasteiger partial charge < -0.3 is 4.90 Å². The number of hydrogen-bond donors (Lipinski definition) is 0. The summed E-state index contributed by atoms with van der Waals surface area (Å²) in [7, 11) is 0. The van der Waals surface area contributed by atoms with Gasteiger partial charge in [0.15, 0.2) is 0 Å². The van der Waals surface area contributed by atoms with Crippen molar-refractivity contribution in [2.45, 2.75) is 39.7 Å². The Morgan fingerprint density at radius 2 is 2.11 bits per heavy atom. The van der Waals surface area contributed by atoms with Crippen molar-refractivity contribution in [3.05, 3.63) is 35.1 Å². The largest absolute Gasteiger partial charge is 0.336 e. The highest BCUT2D eigenvalue weighted by Crippen LogP contribution is 2.30. The molecule has 18 heavy (non-hydrogen) atoms. The van der Waals surface area contributed by atoms with Crippen molar-refractivity contribution >= 4 is 5.91 Å². The van der Waals surface area contributed by atoms with E-state index >= 15 is 0 Å². The van der Waals surface area contributed by atoms with Gasteiger partial charge in [0.1, 0.15) is 5.82 Å². The van der Waals surface area contributed by atoms with Crippen LogP contribution in [0.4, 0.5) is 4.39 Å². The second-order valence-electron chi connectivity index (χ2n) is 5.46. The maximum atomic E-state index is 13.2. The number of benzene rings is 1. The van der Waals surface area contributed by atoms with E-state index in [4.69, 9.17) is 0 Å². The summed E-state index contributed by atoms with van der Waals surface area (Å²) in [5, 5.41) is 0. The topological polar surface area (TPSA) is 20.3 Å². The van der Waals surface area contributed by atoms with Crippen LogP contribution in [0.25, 0.3) is 0 Å². The van der Waals surface area contributed by atoms with E-state index in [0.717, 1.165) is 6.54 Å². The zero-order valence-electron chi connectivity index (χ0n) is 11.2. The molecule has 0 saturated heterocycles. The summed E-state index contributed by atoms with van der Waals surface area (Å²) >= 11 is 0. The van der Waals surface area contributed by atoms with Gasteiger partial charge in [0.05, 0.1) is 0 Å². The molecule has 0 unspecified atom stereocenters. The molecular formula is C15H20FNO. The number of amides is 1. The van der Waals surface area contributed by atoms with Crippen molar-refractivity contribution in [1.29, 1.82) is 0 Å².